The number of benzene rings is 3. The maximum absolute atomic E-state index is 13.9. The Labute approximate surface area is 291 Å². The van der Waals surface area contributed by atoms with Gasteiger partial charge in [0.15, 0.2) is 0 Å². The van der Waals surface area contributed by atoms with Crippen LogP contribution in [0.3, 0.4) is 0 Å². The van der Waals surface area contributed by atoms with E-state index in [2.05, 4.69) is 30.6 Å². The maximum Gasteiger partial charge on any atom is 0.416 e. The summed E-state index contributed by atoms with van der Waals surface area (Å²) >= 11 is 0. The Balaban J connectivity index is 0.000000435. The van der Waals surface area contributed by atoms with Gasteiger partial charge in [-0.3, -0.25) is 14.3 Å². The lowest BCUT2D eigenvalue weighted by Crippen LogP contribution is -2.52. The minimum absolute atomic E-state index is 0.0335. The topological polar surface area (TPSA) is 155 Å². The second-order valence-electron chi connectivity index (χ2n) is 12.6. The molecule has 0 saturated carbocycles. The summed E-state index contributed by atoms with van der Waals surface area (Å²) in [7, 11) is 1.50. The summed E-state index contributed by atoms with van der Waals surface area (Å²) in [5, 5.41) is 16.5. The van der Waals surface area contributed by atoms with E-state index in [9.17, 15) is 41.0 Å². The summed E-state index contributed by atoms with van der Waals surface area (Å²) in [6.07, 6.45) is -1.66. The fourth-order valence-corrected chi connectivity index (χ4v) is 6.32. The Morgan fingerprint density at radius 3 is 2.20 bits per heavy atom. The third kappa shape index (κ3) is 8.28. The van der Waals surface area contributed by atoms with Gasteiger partial charge in [-0.1, -0.05) is 24.3 Å². The van der Waals surface area contributed by atoms with E-state index in [-0.39, 0.29) is 27.9 Å². The van der Waals surface area contributed by atoms with Gasteiger partial charge in [-0.05, 0) is 60.7 Å². The Kier molecular flexibility index (Phi) is 10.4. The Morgan fingerprint density at radius 2 is 1.63 bits per heavy atom. The van der Waals surface area contributed by atoms with Gasteiger partial charge in [-0.25, -0.2) is 17.8 Å². The third-order valence-corrected chi connectivity index (χ3v) is 9.42. The predicted molar refractivity (Wildman–Crippen MR) is 180 cm³/mol. The molecule has 1 N–H and O–H groups in total. The molecule has 51 heavy (non-hydrogen) atoms. The maximum atomic E-state index is 13.9. The largest absolute Gasteiger partial charge is 0.744 e. The highest BCUT2D eigenvalue weighted by Crippen LogP contribution is 2.31. The number of carbonyl (C=O) groups is 1. The van der Waals surface area contributed by atoms with Gasteiger partial charge in [-0.2, -0.15) is 23.5 Å². The van der Waals surface area contributed by atoms with Crippen molar-refractivity contribution in [3.63, 3.8) is 0 Å². The number of carbonyl (C=O) groups excluding carboxylic acids is 1. The number of piperidine rings is 1. The van der Waals surface area contributed by atoms with E-state index >= 15 is 0 Å². The summed E-state index contributed by atoms with van der Waals surface area (Å²) in [6, 6.07) is 21.7. The van der Waals surface area contributed by atoms with Gasteiger partial charge in [0.25, 0.3) is 11.5 Å². The molecular formula is C35H34F3N7O5S. The molecule has 3 aromatic carbocycles. The second-order valence-corrected chi connectivity index (χ2v) is 14.0. The molecule has 0 spiro atoms. The summed E-state index contributed by atoms with van der Waals surface area (Å²) < 4.78 is 76.2. The van der Waals surface area contributed by atoms with Gasteiger partial charge in [0.1, 0.15) is 21.4 Å². The number of amides is 1. The first kappa shape index (κ1) is 36.8. The molecule has 266 valence electrons. The Morgan fingerprint density at radius 1 is 0.980 bits per heavy atom. The number of nitrogens with one attached hydrogen (secondary N) is 1. The van der Waals surface area contributed by atoms with Crippen molar-refractivity contribution >= 4 is 16.0 Å². The lowest BCUT2D eigenvalue weighted by molar-refractivity contribution is -0.895. The van der Waals surface area contributed by atoms with Crippen LogP contribution in [-0.4, -0.2) is 75.7 Å². The lowest BCUT2D eigenvalue weighted by atomic mass is 10.0. The molecule has 3 heterocycles. The van der Waals surface area contributed by atoms with Gasteiger partial charge in [0, 0.05) is 25.9 Å². The molecule has 12 nitrogen and oxygen atoms in total. The SMILES string of the molecule is Cn1c(-c2ccnn2-c2ccc(C#N)cc2)c(C(=O)NC2CC[N+](C)(C)CC2)c(=O)n1-c1cccc(C(F)(F)F)c1.O=S(=O)([O-])c1ccccc1. The predicted octanol–water partition coefficient (Wildman–Crippen LogP) is 4.48. The van der Waals surface area contributed by atoms with Gasteiger partial charge < -0.3 is 14.4 Å². The van der Waals surface area contributed by atoms with Crippen molar-refractivity contribution in [1.29, 1.82) is 5.26 Å². The molecule has 16 heteroatoms. The van der Waals surface area contributed by atoms with Crippen molar-refractivity contribution in [3.8, 4) is 28.8 Å². The molecule has 1 aliphatic heterocycles. The summed E-state index contributed by atoms with van der Waals surface area (Å²) in [4.78, 5) is 27.5. The third-order valence-electron chi connectivity index (χ3n) is 8.57. The summed E-state index contributed by atoms with van der Waals surface area (Å²) in [6.45, 7) is 1.71. The van der Waals surface area contributed by atoms with Crippen LogP contribution >= 0.6 is 0 Å². The van der Waals surface area contributed by atoms with Gasteiger partial charge in [0.2, 0.25) is 0 Å². The lowest BCUT2D eigenvalue weighted by Gasteiger charge is -2.37. The fourth-order valence-electron chi connectivity index (χ4n) is 5.83. The molecule has 5 aromatic rings. The van der Waals surface area contributed by atoms with E-state index in [0.29, 0.717) is 16.9 Å². The van der Waals surface area contributed by atoms with Crippen LogP contribution in [0.2, 0.25) is 0 Å². The average molecular weight is 722 g/mol. The molecule has 2 aromatic heterocycles. The highest BCUT2D eigenvalue weighted by atomic mass is 32.2. The summed E-state index contributed by atoms with van der Waals surface area (Å²) in [5.41, 5.74) is -0.305. The van der Waals surface area contributed by atoms with E-state index in [1.54, 1.807) is 36.4 Å². The number of likely N-dealkylation sites (tertiary alicyclic amines) is 1. The highest BCUT2D eigenvalue weighted by molar-refractivity contribution is 7.85. The van der Waals surface area contributed by atoms with Crippen molar-refractivity contribution in [1.82, 2.24) is 24.5 Å². The van der Waals surface area contributed by atoms with Crippen molar-refractivity contribution in [2.45, 2.75) is 30.0 Å². The van der Waals surface area contributed by atoms with Crippen LogP contribution < -0.4 is 10.9 Å². The zero-order valence-corrected chi connectivity index (χ0v) is 28.6. The molecular weight excluding hydrogens is 687 g/mol. The standard InChI is InChI=1S/C29H28F3N7O2.C6H6O3S/c1-36-26(24-11-14-34-37(24)22-9-7-19(18-33)8-10-22)25(27(40)35-21-12-15-39(2,3)16-13-21)28(41)38(36)23-6-4-5-20(17-23)29(30,31)32;7-10(8,9)6-4-2-1-3-5-6/h4-11,14,17,21H,12-13,15-16H2,1-3H3;1-5H,(H,7,8,9). The van der Waals surface area contributed by atoms with Crippen LogP contribution in [-0.2, 0) is 23.3 Å². The minimum atomic E-state index is -4.62. The molecule has 0 bridgehead atoms. The number of rotatable bonds is 6. The molecule has 0 atom stereocenters. The van der Waals surface area contributed by atoms with Gasteiger partial charge in [0.05, 0.1) is 72.5 Å². The van der Waals surface area contributed by atoms with E-state index < -0.39 is 33.3 Å². The molecule has 1 amide bonds. The van der Waals surface area contributed by atoms with Crippen LogP contribution in [0.4, 0.5) is 13.2 Å². The van der Waals surface area contributed by atoms with Crippen molar-refractivity contribution in [2.75, 3.05) is 27.2 Å². The number of hydrogen-bond acceptors (Lipinski definition) is 7. The number of hydrogen-bond donors (Lipinski definition) is 1. The van der Waals surface area contributed by atoms with Crippen LogP contribution in [0.25, 0.3) is 22.8 Å². The van der Waals surface area contributed by atoms with E-state index in [1.165, 1.54) is 59.0 Å². The zero-order valence-electron chi connectivity index (χ0n) is 27.8. The number of nitriles is 1. The quantitative estimate of drug-likeness (QED) is 0.200. The number of aromatic nitrogens is 4. The van der Waals surface area contributed by atoms with E-state index in [0.717, 1.165) is 47.2 Å². The molecule has 0 aliphatic carbocycles. The van der Waals surface area contributed by atoms with Gasteiger partial charge >= 0.3 is 6.18 Å². The first-order chi connectivity index (χ1) is 24.0. The van der Waals surface area contributed by atoms with Crippen LogP contribution in [0.1, 0.15) is 34.3 Å². The van der Waals surface area contributed by atoms with Gasteiger partial charge in [-0.15, -0.1) is 0 Å². The molecule has 0 unspecified atom stereocenters. The van der Waals surface area contributed by atoms with E-state index in [1.807, 2.05) is 0 Å². The number of nitrogens with zero attached hydrogens (tertiary/aromatic N) is 6. The molecule has 6 rings (SSSR count). The fraction of sp³-hybridized carbons (Fsp3) is 0.257. The summed E-state index contributed by atoms with van der Waals surface area (Å²) in [5.74, 6) is -0.601. The number of alkyl halides is 3. The number of halogens is 3. The monoisotopic (exact) mass is 721 g/mol. The zero-order chi connectivity index (χ0) is 37.1. The molecule has 0 radical (unpaired) electrons. The highest BCUT2D eigenvalue weighted by Gasteiger charge is 2.34. The Hall–Kier alpha value is -5.50. The van der Waals surface area contributed by atoms with Crippen LogP contribution in [0, 0.1) is 11.3 Å². The van der Waals surface area contributed by atoms with E-state index in [4.69, 9.17) is 0 Å². The number of quaternary nitrogens is 1. The molecule has 1 fully saturated rings. The first-order valence-electron chi connectivity index (χ1n) is 15.7. The first-order valence-corrected chi connectivity index (χ1v) is 17.1. The van der Waals surface area contributed by atoms with Crippen LogP contribution in [0.15, 0.2) is 101 Å². The second kappa shape index (κ2) is 14.4. The van der Waals surface area contributed by atoms with Crippen molar-refractivity contribution in [2.24, 2.45) is 7.05 Å². The minimum Gasteiger partial charge on any atom is -0.744 e. The Bertz CT molecular complexity index is 2240. The normalized spacial score (nSPS) is 14.6. The molecule has 1 aliphatic rings. The average Bonchev–Trinajstić information content (AvgIpc) is 3.67. The van der Waals surface area contributed by atoms with Crippen molar-refractivity contribution < 1.29 is 35.4 Å². The van der Waals surface area contributed by atoms with Crippen molar-refractivity contribution in [3.05, 3.63) is 118 Å². The smallest absolute Gasteiger partial charge is 0.416 e. The van der Waals surface area contributed by atoms with Crippen LogP contribution in [0.5, 0.6) is 0 Å². The molecule has 1 saturated heterocycles.